The smallest absolute Gasteiger partial charge is 0.308 e. The number of hydrogen-bond acceptors (Lipinski definition) is 4. The first kappa shape index (κ1) is 16.5. The maximum Gasteiger partial charge on any atom is 0.308 e. The second-order valence-corrected chi connectivity index (χ2v) is 5.03. The molecule has 0 amide bonds. The van der Waals surface area contributed by atoms with Crippen molar-refractivity contribution >= 4 is 40.8 Å². The summed E-state index contributed by atoms with van der Waals surface area (Å²) in [5.74, 6) is -0.606. The van der Waals surface area contributed by atoms with Crippen LogP contribution in [-0.2, 0) is 9.53 Å². The Hall–Kier alpha value is -0.520. The Balaban J connectivity index is 2.85. The molecule has 0 saturated carbocycles. The molecule has 0 aliphatic carbocycles. The number of carbonyl (C=O) groups excluding carboxylic acids is 1. The lowest BCUT2D eigenvalue weighted by Gasteiger charge is -2.19. The van der Waals surface area contributed by atoms with Crippen LogP contribution in [-0.4, -0.2) is 28.9 Å². The van der Waals surface area contributed by atoms with Crippen molar-refractivity contribution in [3.8, 4) is 0 Å². The maximum absolute atomic E-state index is 11.2. The van der Waals surface area contributed by atoms with Gasteiger partial charge in [0.2, 0.25) is 0 Å². The van der Waals surface area contributed by atoms with Crippen molar-refractivity contribution in [3.05, 3.63) is 32.8 Å². The van der Waals surface area contributed by atoms with Crippen molar-refractivity contribution in [2.75, 3.05) is 6.61 Å². The number of ether oxygens (including phenoxy) is 1. The zero-order chi connectivity index (χ0) is 14.6. The molecule has 106 valence electrons. The highest BCUT2D eigenvalue weighted by Gasteiger charge is 2.24. The molecule has 0 fully saturated rings. The molecule has 1 aromatic carbocycles. The summed E-state index contributed by atoms with van der Waals surface area (Å²) in [4.78, 5) is 11.2. The molecule has 2 unspecified atom stereocenters. The zero-order valence-electron chi connectivity index (χ0n) is 10.1. The third-order valence-corrected chi connectivity index (χ3v) is 3.45. The SMILES string of the molecule is CCOC(=O)CC(O)C(O)c1cc(Cl)c(Cl)cc1Cl. The van der Waals surface area contributed by atoms with E-state index in [2.05, 4.69) is 4.74 Å². The minimum absolute atomic E-state index is 0.157. The number of halogens is 3. The fraction of sp³-hybridized carbons (Fsp3) is 0.417. The highest BCUT2D eigenvalue weighted by Crippen LogP contribution is 2.33. The van der Waals surface area contributed by atoms with Gasteiger partial charge in [-0.15, -0.1) is 0 Å². The molecule has 7 heteroatoms. The quantitative estimate of drug-likeness (QED) is 0.644. The number of carbonyl (C=O) groups is 1. The second-order valence-electron chi connectivity index (χ2n) is 3.81. The Morgan fingerprint density at radius 1 is 1.21 bits per heavy atom. The van der Waals surface area contributed by atoms with Gasteiger partial charge >= 0.3 is 5.97 Å². The molecule has 19 heavy (non-hydrogen) atoms. The fourth-order valence-corrected chi connectivity index (χ4v) is 2.14. The van der Waals surface area contributed by atoms with Crippen LogP contribution in [0.5, 0.6) is 0 Å². The van der Waals surface area contributed by atoms with E-state index in [0.29, 0.717) is 0 Å². The maximum atomic E-state index is 11.2. The fourth-order valence-electron chi connectivity index (χ4n) is 1.47. The van der Waals surface area contributed by atoms with Crippen LogP contribution in [0.15, 0.2) is 12.1 Å². The third-order valence-electron chi connectivity index (χ3n) is 2.40. The first-order chi connectivity index (χ1) is 8.86. The van der Waals surface area contributed by atoms with Gasteiger partial charge in [-0.05, 0) is 19.1 Å². The average molecular weight is 328 g/mol. The summed E-state index contributed by atoms with van der Waals surface area (Å²) in [7, 11) is 0. The van der Waals surface area contributed by atoms with Gasteiger partial charge in [0.1, 0.15) is 6.10 Å². The summed E-state index contributed by atoms with van der Waals surface area (Å²) in [5.41, 5.74) is 0.202. The van der Waals surface area contributed by atoms with Gasteiger partial charge in [-0.2, -0.15) is 0 Å². The molecule has 0 bridgehead atoms. The Bertz CT molecular complexity index is 465. The Morgan fingerprint density at radius 3 is 2.37 bits per heavy atom. The Kier molecular flexibility index (Phi) is 6.36. The molecule has 4 nitrogen and oxygen atoms in total. The van der Waals surface area contributed by atoms with Gasteiger partial charge in [-0.1, -0.05) is 34.8 Å². The molecule has 0 aliphatic heterocycles. The van der Waals surface area contributed by atoms with Crippen molar-refractivity contribution in [3.63, 3.8) is 0 Å². The molecule has 0 spiro atoms. The number of rotatable bonds is 5. The van der Waals surface area contributed by atoms with Crippen LogP contribution in [0.1, 0.15) is 25.0 Å². The first-order valence-electron chi connectivity index (χ1n) is 5.53. The van der Waals surface area contributed by atoms with Crippen LogP contribution in [0, 0.1) is 0 Å². The molecule has 0 heterocycles. The van der Waals surface area contributed by atoms with Crippen LogP contribution in [0.2, 0.25) is 15.1 Å². The monoisotopic (exact) mass is 326 g/mol. The summed E-state index contributed by atoms with van der Waals surface area (Å²) in [5, 5.41) is 20.3. The van der Waals surface area contributed by atoms with Crippen molar-refractivity contribution in [2.45, 2.75) is 25.6 Å². The van der Waals surface area contributed by atoms with E-state index < -0.39 is 18.2 Å². The molecule has 0 saturated heterocycles. The van der Waals surface area contributed by atoms with Crippen molar-refractivity contribution in [1.29, 1.82) is 0 Å². The topological polar surface area (TPSA) is 66.8 Å². The van der Waals surface area contributed by atoms with Crippen molar-refractivity contribution in [1.82, 2.24) is 0 Å². The summed E-state index contributed by atoms with van der Waals surface area (Å²) in [6, 6.07) is 2.71. The minimum Gasteiger partial charge on any atom is -0.466 e. The molecule has 2 atom stereocenters. The van der Waals surface area contributed by atoms with Gasteiger partial charge in [-0.25, -0.2) is 0 Å². The summed E-state index contributed by atoms with van der Waals surface area (Å²) in [6.45, 7) is 1.85. The standard InChI is InChI=1S/C12H13Cl3O4/c1-2-19-11(17)5-10(16)12(18)6-3-8(14)9(15)4-7(6)13/h3-4,10,12,16,18H,2,5H2,1H3. The normalized spacial score (nSPS) is 14.0. The summed E-state index contributed by atoms with van der Waals surface area (Å²) >= 11 is 17.5. The number of esters is 1. The van der Waals surface area contributed by atoms with Gasteiger partial charge < -0.3 is 14.9 Å². The summed E-state index contributed by atoms with van der Waals surface area (Å²) in [6.07, 6.45) is -3.04. The molecule has 1 rings (SSSR count). The van der Waals surface area contributed by atoms with E-state index in [1.807, 2.05) is 0 Å². The van der Waals surface area contributed by atoms with Crippen LogP contribution in [0.3, 0.4) is 0 Å². The minimum atomic E-state index is -1.35. The molecular weight excluding hydrogens is 314 g/mol. The van der Waals surface area contributed by atoms with E-state index in [1.165, 1.54) is 12.1 Å². The zero-order valence-corrected chi connectivity index (χ0v) is 12.3. The van der Waals surface area contributed by atoms with Crippen molar-refractivity contribution < 1.29 is 19.7 Å². The Morgan fingerprint density at radius 2 is 1.79 bits per heavy atom. The average Bonchev–Trinajstić information content (AvgIpc) is 2.33. The lowest BCUT2D eigenvalue weighted by molar-refractivity contribution is -0.147. The number of aliphatic hydroxyl groups is 2. The first-order valence-corrected chi connectivity index (χ1v) is 6.66. The molecule has 0 aromatic heterocycles. The molecule has 2 N–H and O–H groups in total. The van der Waals surface area contributed by atoms with Gasteiger partial charge in [0, 0.05) is 10.6 Å². The predicted molar refractivity (Wildman–Crippen MR) is 73.7 cm³/mol. The highest BCUT2D eigenvalue weighted by molar-refractivity contribution is 6.43. The largest absolute Gasteiger partial charge is 0.466 e. The van der Waals surface area contributed by atoms with Gasteiger partial charge in [0.15, 0.2) is 0 Å². The van der Waals surface area contributed by atoms with E-state index in [9.17, 15) is 15.0 Å². The van der Waals surface area contributed by atoms with Crippen molar-refractivity contribution in [2.24, 2.45) is 0 Å². The van der Waals surface area contributed by atoms with Crippen LogP contribution in [0.25, 0.3) is 0 Å². The van der Waals surface area contributed by atoms with Gasteiger partial charge in [0.25, 0.3) is 0 Å². The summed E-state index contributed by atoms with van der Waals surface area (Å²) < 4.78 is 4.68. The number of benzene rings is 1. The second kappa shape index (κ2) is 7.31. The third kappa shape index (κ3) is 4.51. The molecule has 0 radical (unpaired) electrons. The predicted octanol–water partition coefficient (Wildman–Crippen LogP) is 2.99. The highest BCUT2D eigenvalue weighted by atomic mass is 35.5. The lowest BCUT2D eigenvalue weighted by atomic mass is 10.0. The van der Waals surface area contributed by atoms with E-state index in [4.69, 9.17) is 34.8 Å². The van der Waals surface area contributed by atoms with Gasteiger partial charge in [-0.3, -0.25) is 4.79 Å². The van der Waals surface area contributed by atoms with Crippen LogP contribution in [0.4, 0.5) is 0 Å². The van der Waals surface area contributed by atoms with E-state index >= 15 is 0 Å². The number of aliphatic hydroxyl groups excluding tert-OH is 2. The van der Waals surface area contributed by atoms with E-state index in [1.54, 1.807) is 6.92 Å². The lowest BCUT2D eigenvalue weighted by Crippen LogP contribution is -2.23. The molecule has 1 aromatic rings. The Labute approximate surface area is 125 Å². The molecular formula is C12H13Cl3O4. The van der Waals surface area contributed by atoms with Gasteiger partial charge in [0.05, 0.1) is 29.2 Å². The van der Waals surface area contributed by atoms with E-state index in [-0.39, 0.29) is 33.7 Å². The van der Waals surface area contributed by atoms with E-state index in [0.717, 1.165) is 0 Å². The number of hydrogen-bond donors (Lipinski definition) is 2. The van der Waals surface area contributed by atoms with Crippen LogP contribution < -0.4 is 0 Å². The molecule has 0 aliphatic rings. The van der Waals surface area contributed by atoms with Crippen LogP contribution >= 0.6 is 34.8 Å².